The van der Waals surface area contributed by atoms with Crippen LogP contribution in [0.1, 0.15) is 56.8 Å². The number of hydrogen-bond donors (Lipinski definition) is 1. The SMILES string of the molecule is CC(C)c1n[nH]c([C@H]2CN(C(=O)C[C@@H]3CCCO3)CCO2)n1. The van der Waals surface area contributed by atoms with Crippen molar-refractivity contribution in [3.05, 3.63) is 11.6 Å². The molecule has 7 heteroatoms. The number of aromatic amines is 1. The molecule has 1 aromatic heterocycles. The number of amides is 1. The Balaban J connectivity index is 1.59. The van der Waals surface area contributed by atoms with Gasteiger partial charge in [-0.3, -0.25) is 9.89 Å². The number of carbonyl (C=O) groups excluding carboxylic acids is 1. The van der Waals surface area contributed by atoms with Gasteiger partial charge in [-0.25, -0.2) is 4.98 Å². The molecule has 0 spiro atoms. The number of hydrogen-bond acceptors (Lipinski definition) is 5. The molecule has 1 N–H and O–H groups in total. The van der Waals surface area contributed by atoms with E-state index in [1.54, 1.807) is 0 Å². The summed E-state index contributed by atoms with van der Waals surface area (Å²) < 4.78 is 11.3. The molecule has 2 aliphatic rings. The summed E-state index contributed by atoms with van der Waals surface area (Å²) >= 11 is 0. The molecule has 0 saturated carbocycles. The van der Waals surface area contributed by atoms with Gasteiger partial charge in [0.2, 0.25) is 5.91 Å². The van der Waals surface area contributed by atoms with Crippen LogP contribution >= 0.6 is 0 Å². The Bertz CT molecular complexity index is 511. The minimum atomic E-state index is -0.220. The zero-order valence-electron chi connectivity index (χ0n) is 13.2. The molecule has 2 atom stereocenters. The van der Waals surface area contributed by atoms with Crippen molar-refractivity contribution in [3.8, 4) is 0 Å². The quantitative estimate of drug-likeness (QED) is 0.909. The van der Waals surface area contributed by atoms with Crippen molar-refractivity contribution in [3.63, 3.8) is 0 Å². The van der Waals surface area contributed by atoms with E-state index in [9.17, 15) is 4.79 Å². The van der Waals surface area contributed by atoms with E-state index >= 15 is 0 Å². The molecule has 1 amide bonds. The van der Waals surface area contributed by atoms with E-state index in [-0.39, 0.29) is 24.0 Å². The van der Waals surface area contributed by atoms with Crippen LogP contribution in [0, 0.1) is 0 Å². The van der Waals surface area contributed by atoms with Gasteiger partial charge in [0.15, 0.2) is 11.6 Å². The van der Waals surface area contributed by atoms with E-state index in [4.69, 9.17) is 9.47 Å². The summed E-state index contributed by atoms with van der Waals surface area (Å²) in [5, 5.41) is 7.15. The Kier molecular flexibility index (Phi) is 4.73. The lowest BCUT2D eigenvalue weighted by Crippen LogP contribution is -2.43. The van der Waals surface area contributed by atoms with Crippen molar-refractivity contribution in [2.75, 3.05) is 26.3 Å². The Labute approximate surface area is 130 Å². The molecule has 122 valence electrons. The van der Waals surface area contributed by atoms with Crippen LogP contribution in [0.2, 0.25) is 0 Å². The number of ether oxygens (including phenoxy) is 2. The normalized spacial score (nSPS) is 25.9. The molecule has 2 saturated heterocycles. The molecule has 0 aliphatic carbocycles. The second-order valence-electron chi connectivity index (χ2n) is 6.27. The smallest absolute Gasteiger partial charge is 0.225 e. The largest absolute Gasteiger partial charge is 0.378 e. The highest BCUT2D eigenvalue weighted by atomic mass is 16.5. The van der Waals surface area contributed by atoms with Gasteiger partial charge in [-0.15, -0.1) is 0 Å². The first kappa shape index (κ1) is 15.4. The van der Waals surface area contributed by atoms with E-state index in [0.29, 0.717) is 31.9 Å². The van der Waals surface area contributed by atoms with Gasteiger partial charge in [-0.1, -0.05) is 13.8 Å². The molecule has 0 bridgehead atoms. The molecule has 3 heterocycles. The maximum absolute atomic E-state index is 12.4. The fourth-order valence-electron chi connectivity index (χ4n) is 2.86. The van der Waals surface area contributed by atoms with Crippen LogP contribution in [-0.4, -0.2) is 58.4 Å². The molecule has 0 aromatic carbocycles. The van der Waals surface area contributed by atoms with E-state index in [0.717, 1.165) is 25.3 Å². The first-order chi connectivity index (χ1) is 10.6. The number of nitrogens with one attached hydrogen (secondary N) is 1. The van der Waals surface area contributed by atoms with Crippen molar-refractivity contribution in [2.24, 2.45) is 0 Å². The monoisotopic (exact) mass is 308 g/mol. The van der Waals surface area contributed by atoms with Crippen LogP contribution < -0.4 is 0 Å². The molecular formula is C15H24N4O3. The molecular weight excluding hydrogens is 284 g/mol. The molecule has 0 unspecified atom stereocenters. The molecule has 0 radical (unpaired) electrons. The fourth-order valence-corrected chi connectivity index (χ4v) is 2.86. The fraction of sp³-hybridized carbons (Fsp3) is 0.800. The summed E-state index contributed by atoms with van der Waals surface area (Å²) in [6.45, 7) is 6.56. The van der Waals surface area contributed by atoms with Gasteiger partial charge < -0.3 is 14.4 Å². The van der Waals surface area contributed by atoms with Crippen molar-refractivity contribution < 1.29 is 14.3 Å². The molecule has 2 aliphatic heterocycles. The summed E-state index contributed by atoms with van der Waals surface area (Å²) in [6, 6.07) is 0. The zero-order chi connectivity index (χ0) is 15.5. The number of rotatable bonds is 4. The highest BCUT2D eigenvalue weighted by molar-refractivity contribution is 5.76. The third-order valence-corrected chi connectivity index (χ3v) is 4.19. The van der Waals surface area contributed by atoms with Gasteiger partial charge in [-0.2, -0.15) is 5.10 Å². The van der Waals surface area contributed by atoms with Gasteiger partial charge in [0.1, 0.15) is 6.10 Å². The van der Waals surface area contributed by atoms with Crippen molar-refractivity contribution in [2.45, 2.75) is 51.2 Å². The van der Waals surface area contributed by atoms with Gasteiger partial charge in [0.25, 0.3) is 0 Å². The molecule has 22 heavy (non-hydrogen) atoms. The molecule has 2 fully saturated rings. The van der Waals surface area contributed by atoms with Gasteiger partial charge in [0.05, 0.1) is 25.7 Å². The number of nitrogens with zero attached hydrogens (tertiary/aromatic N) is 3. The lowest BCUT2D eigenvalue weighted by molar-refractivity contribution is -0.141. The molecule has 7 nitrogen and oxygen atoms in total. The third-order valence-electron chi connectivity index (χ3n) is 4.19. The predicted octanol–water partition coefficient (Wildman–Crippen LogP) is 1.40. The average molecular weight is 308 g/mol. The van der Waals surface area contributed by atoms with Gasteiger partial charge in [0, 0.05) is 19.1 Å². The number of carbonyl (C=O) groups is 1. The number of H-pyrrole nitrogens is 1. The van der Waals surface area contributed by atoms with Crippen LogP contribution in [0.15, 0.2) is 0 Å². The van der Waals surface area contributed by atoms with Crippen LogP contribution in [0.5, 0.6) is 0 Å². The van der Waals surface area contributed by atoms with E-state index in [2.05, 4.69) is 15.2 Å². The summed E-state index contributed by atoms with van der Waals surface area (Å²) in [5.41, 5.74) is 0. The first-order valence-corrected chi connectivity index (χ1v) is 8.06. The Hall–Kier alpha value is -1.47. The highest BCUT2D eigenvalue weighted by Crippen LogP contribution is 2.23. The summed E-state index contributed by atoms with van der Waals surface area (Å²) in [6.07, 6.45) is 2.38. The standard InChI is InChI=1S/C15H24N4O3/c1-10(2)14-16-15(18-17-14)12-9-19(5-7-22-12)13(20)8-11-4-3-6-21-11/h10-12H,3-9H2,1-2H3,(H,16,17,18)/t11-,12+/m0/s1. The van der Waals surface area contributed by atoms with E-state index < -0.39 is 0 Å². The summed E-state index contributed by atoms with van der Waals surface area (Å²) in [5.74, 6) is 1.90. The number of morpholine rings is 1. The minimum absolute atomic E-state index is 0.0895. The van der Waals surface area contributed by atoms with Gasteiger partial charge >= 0.3 is 0 Å². The third kappa shape index (κ3) is 3.47. The second-order valence-corrected chi connectivity index (χ2v) is 6.27. The maximum Gasteiger partial charge on any atom is 0.225 e. The van der Waals surface area contributed by atoms with Crippen LogP contribution in [-0.2, 0) is 14.3 Å². The number of aromatic nitrogens is 3. The van der Waals surface area contributed by atoms with Crippen LogP contribution in [0.4, 0.5) is 0 Å². The van der Waals surface area contributed by atoms with Crippen molar-refractivity contribution in [1.82, 2.24) is 20.1 Å². The van der Waals surface area contributed by atoms with E-state index in [1.807, 2.05) is 18.7 Å². The summed E-state index contributed by atoms with van der Waals surface area (Å²) in [4.78, 5) is 18.7. The lowest BCUT2D eigenvalue weighted by Gasteiger charge is -2.32. The molecule has 1 aromatic rings. The van der Waals surface area contributed by atoms with E-state index in [1.165, 1.54) is 0 Å². The maximum atomic E-state index is 12.4. The minimum Gasteiger partial charge on any atom is -0.378 e. The topological polar surface area (TPSA) is 80.3 Å². The van der Waals surface area contributed by atoms with Gasteiger partial charge in [-0.05, 0) is 12.8 Å². The Morgan fingerprint density at radius 2 is 2.27 bits per heavy atom. The first-order valence-electron chi connectivity index (χ1n) is 8.06. The average Bonchev–Trinajstić information content (AvgIpc) is 3.18. The summed E-state index contributed by atoms with van der Waals surface area (Å²) in [7, 11) is 0. The predicted molar refractivity (Wildman–Crippen MR) is 79.3 cm³/mol. The van der Waals surface area contributed by atoms with Crippen LogP contribution in [0.3, 0.4) is 0 Å². The Morgan fingerprint density at radius 3 is 2.95 bits per heavy atom. The van der Waals surface area contributed by atoms with Crippen molar-refractivity contribution >= 4 is 5.91 Å². The Morgan fingerprint density at radius 1 is 1.41 bits per heavy atom. The second kappa shape index (κ2) is 6.75. The lowest BCUT2D eigenvalue weighted by atomic mass is 10.1. The zero-order valence-corrected chi connectivity index (χ0v) is 13.2. The van der Waals surface area contributed by atoms with Crippen molar-refractivity contribution in [1.29, 1.82) is 0 Å². The van der Waals surface area contributed by atoms with Crippen LogP contribution in [0.25, 0.3) is 0 Å². The highest BCUT2D eigenvalue weighted by Gasteiger charge is 2.30. The molecule has 3 rings (SSSR count).